The van der Waals surface area contributed by atoms with Gasteiger partial charge in [-0.1, -0.05) is 23.7 Å². The van der Waals surface area contributed by atoms with Crippen LogP contribution in [0.2, 0.25) is 5.02 Å². The predicted octanol–water partition coefficient (Wildman–Crippen LogP) is 3.51. The summed E-state index contributed by atoms with van der Waals surface area (Å²) in [6.45, 7) is 0. The lowest BCUT2D eigenvalue weighted by atomic mass is 9.94. The first-order valence-corrected chi connectivity index (χ1v) is 5.09. The second-order valence-electron chi connectivity index (χ2n) is 3.17. The van der Waals surface area contributed by atoms with E-state index in [0.717, 1.165) is 19.2 Å². The molecule has 17 heavy (non-hydrogen) atoms. The van der Waals surface area contributed by atoms with Crippen LogP contribution >= 0.6 is 23.2 Å². The highest BCUT2D eigenvalue weighted by Gasteiger charge is 2.62. The summed E-state index contributed by atoms with van der Waals surface area (Å²) in [4.78, 5) is 11.1. The van der Waals surface area contributed by atoms with Crippen molar-refractivity contribution in [1.29, 1.82) is 0 Å². The number of carbonyl (C=O) groups is 1. The summed E-state index contributed by atoms with van der Waals surface area (Å²) in [5, 5.41) is -1.62. The molecule has 0 N–H and O–H groups in total. The Balaban J connectivity index is 3.49. The molecule has 0 aliphatic heterocycles. The molecule has 0 amide bonds. The Morgan fingerprint density at radius 1 is 1.35 bits per heavy atom. The number of carbonyl (C=O) groups excluding carboxylic acids is 1. The van der Waals surface area contributed by atoms with Crippen molar-refractivity contribution < 1.29 is 22.7 Å². The first kappa shape index (κ1) is 14.3. The average Bonchev–Trinajstić information content (AvgIpc) is 2.16. The zero-order valence-corrected chi connectivity index (χ0v) is 10.0. The maximum Gasteiger partial charge on any atom is 0.430 e. The standard InChI is InChI=1S/C10H7Cl2F3O2/c1-17-9(8(12)16,10(13,14)15)6-3-2-4-7(11)5-6/h2-5H,1H3. The Bertz CT molecular complexity index is 434. The fourth-order valence-corrected chi connectivity index (χ4v) is 1.89. The van der Waals surface area contributed by atoms with Gasteiger partial charge in [0.25, 0.3) is 10.8 Å². The van der Waals surface area contributed by atoms with Gasteiger partial charge in [0.2, 0.25) is 0 Å². The van der Waals surface area contributed by atoms with E-state index >= 15 is 0 Å². The maximum atomic E-state index is 13.0. The van der Waals surface area contributed by atoms with E-state index in [1.807, 2.05) is 0 Å². The topological polar surface area (TPSA) is 26.3 Å². The maximum absolute atomic E-state index is 13.0. The Kier molecular flexibility index (Phi) is 4.06. The van der Waals surface area contributed by atoms with Gasteiger partial charge in [-0.15, -0.1) is 0 Å². The van der Waals surface area contributed by atoms with Crippen molar-refractivity contribution in [3.8, 4) is 0 Å². The van der Waals surface area contributed by atoms with Gasteiger partial charge in [-0.05, 0) is 23.7 Å². The highest BCUT2D eigenvalue weighted by Crippen LogP contribution is 2.44. The number of rotatable bonds is 3. The number of halogens is 5. The van der Waals surface area contributed by atoms with Crippen LogP contribution in [-0.4, -0.2) is 18.5 Å². The normalized spacial score (nSPS) is 15.4. The molecule has 0 saturated carbocycles. The van der Waals surface area contributed by atoms with Crippen molar-refractivity contribution in [1.82, 2.24) is 0 Å². The molecule has 0 spiro atoms. The van der Waals surface area contributed by atoms with Crippen molar-refractivity contribution in [2.45, 2.75) is 11.8 Å². The summed E-state index contributed by atoms with van der Waals surface area (Å²) in [5.41, 5.74) is -3.65. The van der Waals surface area contributed by atoms with E-state index in [9.17, 15) is 18.0 Å². The third kappa shape index (κ3) is 2.41. The van der Waals surface area contributed by atoms with Gasteiger partial charge in [0.05, 0.1) is 0 Å². The van der Waals surface area contributed by atoms with Crippen LogP contribution < -0.4 is 0 Å². The summed E-state index contributed by atoms with van der Waals surface area (Å²) >= 11 is 10.6. The molecular formula is C10H7Cl2F3O2. The second-order valence-corrected chi connectivity index (χ2v) is 3.95. The van der Waals surface area contributed by atoms with Crippen molar-refractivity contribution in [2.75, 3.05) is 7.11 Å². The van der Waals surface area contributed by atoms with E-state index in [1.54, 1.807) is 0 Å². The third-order valence-corrected chi connectivity index (χ3v) is 2.71. The molecule has 7 heteroatoms. The zero-order valence-electron chi connectivity index (χ0n) is 8.52. The van der Waals surface area contributed by atoms with Gasteiger partial charge in [0.1, 0.15) is 0 Å². The van der Waals surface area contributed by atoms with Gasteiger partial charge in [-0.2, -0.15) is 13.2 Å². The van der Waals surface area contributed by atoms with E-state index < -0.39 is 22.6 Å². The predicted molar refractivity (Wildman–Crippen MR) is 57.1 cm³/mol. The summed E-state index contributed by atoms with van der Waals surface area (Å²) < 4.78 is 43.3. The van der Waals surface area contributed by atoms with Crippen molar-refractivity contribution in [3.63, 3.8) is 0 Å². The van der Waals surface area contributed by atoms with Crippen LogP contribution in [0.1, 0.15) is 5.56 Å². The molecule has 0 fully saturated rings. The first-order valence-electron chi connectivity index (χ1n) is 4.33. The number of methoxy groups -OCH3 is 1. The lowest BCUT2D eigenvalue weighted by Gasteiger charge is -2.31. The Hall–Kier alpha value is -0.780. The van der Waals surface area contributed by atoms with Gasteiger partial charge in [0, 0.05) is 17.7 Å². The molecule has 0 aliphatic carbocycles. The molecule has 0 heterocycles. The lowest BCUT2D eigenvalue weighted by molar-refractivity contribution is -0.260. The molecule has 0 saturated heterocycles. The minimum atomic E-state index is -4.98. The van der Waals surface area contributed by atoms with Crippen LogP contribution in [0.15, 0.2) is 24.3 Å². The number of hydrogen-bond donors (Lipinski definition) is 0. The minimum Gasteiger partial charge on any atom is -0.357 e. The molecule has 94 valence electrons. The van der Waals surface area contributed by atoms with Crippen molar-refractivity contribution in [3.05, 3.63) is 34.9 Å². The number of alkyl halides is 3. The van der Waals surface area contributed by atoms with Crippen LogP contribution in [0, 0.1) is 0 Å². The molecule has 2 nitrogen and oxygen atoms in total. The van der Waals surface area contributed by atoms with Crippen LogP contribution in [-0.2, 0) is 15.1 Å². The molecular weight excluding hydrogens is 280 g/mol. The van der Waals surface area contributed by atoms with Crippen molar-refractivity contribution in [2.24, 2.45) is 0 Å². The summed E-state index contributed by atoms with van der Waals surface area (Å²) in [7, 11) is 0.759. The Labute approximate surface area is 105 Å². The molecule has 0 aromatic heterocycles. The SMILES string of the molecule is COC(C(=O)Cl)(c1cccc(Cl)c1)C(F)(F)F. The van der Waals surface area contributed by atoms with Gasteiger partial charge in [-0.3, -0.25) is 4.79 Å². The fraction of sp³-hybridized carbons (Fsp3) is 0.300. The van der Waals surface area contributed by atoms with E-state index in [2.05, 4.69) is 4.74 Å². The summed E-state index contributed by atoms with van der Waals surface area (Å²) in [5.74, 6) is 0. The number of ether oxygens (including phenoxy) is 1. The molecule has 1 atom stereocenters. The quantitative estimate of drug-likeness (QED) is 0.795. The first-order chi connectivity index (χ1) is 7.75. The summed E-state index contributed by atoms with van der Waals surface area (Å²) in [6, 6.07) is 4.71. The van der Waals surface area contributed by atoms with E-state index in [1.165, 1.54) is 12.1 Å². The largest absolute Gasteiger partial charge is 0.430 e. The highest BCUT2D eigenvalue weighted by molar-refractivity contribution is 6.65. The molecule has 0 aliphatic rings. The minimum absolute atomic E-state index is 0.0473. The number of hydrogen-bond acceptors (Lipinski definition) is 2. The van der Waals surface area contributed by atoms with Crippen LogP contribution in [0.25, 0.3) is 0 Å². The number of benzene rings is 1. The van der Waals surface area contributed by atoms with Crippen LogP contribution in [0.4, 0.5) is 13.2 Å². The van der Waals surface area contributed by atoms with Gasteiger partial charge >= 0.3 is 6.18 Å². The van der Waals surface area contributed by atoms with E-state index in [4.69, 9.17) is 23.2 Å². The molecule has 1 aromatic rings. The fourth-order valence-electron chi connectivity index (χ4n) is 1.41. The smallest absolute Gasteiger partial charge is 0.357 e. The van der Waals surface area contributed by atoms with E-state index in [-0.39, 0.29) is 5.02 Å². The molecule has 0 bridgehead atoms. The third-order valence-electron chi connectivity index (χ3n) is 2.21. The second kappa shape index (κ2) is 4.84. The van der Waals surface area contributed by atoms with Gasteiger partial charge in [-0.25, -0.2) is 0 Å². The molecule has 1 aromatic carbocycles. The average molecular weight is 287 g/mol. The lowest BCUT2D eigenvalue weighted by Crippen LogP contribution is -2.48. The molecule has 1 unspecified atom stereocenters. The monoisotopic (exact) mass is 286 g/mol. The van der Waals surface area contributed by atoms with Crippen molar-refractivity contribution >= 4 is 28.4 Å². The summed E-state index contributed by atoms with van der Waals surface area (Å²) in [6.07, 6.45) is -4.98. The van der Waals surface area contributed by atoms with Crippen LogP contribution in [0.3, 0.4) is 0 Å². The zero-order chi connectivity index (χ0) is 13.3. The molecule has 1 rings (SSSR count). The van der Waals surface area contributed by atoms with Gasteiger partial charge in [0.15, 0.2) is 0 Å². The van der Waals surface area contributed by atoms with E-state index in [0.29, 0.717) is 0 Å². The molecule has 0 radical (unpaired) electrons. The highest BCUT2D eigenvalue weighted by atomic mass is 35.5. The Morgan fingerprint density at radius 3 is 2.29 bits per heavy atom. The van der Waals surface area contributed by atoms with Crippen LogP contribution in [0.5, 0.6) is 0 Å². The van der Waals surface area contributed by atoms with Gasteiger partial charge < -0.3 is 4.74 Å². The Morgan fingerprint density at radius 2 is 1.94 bits per heavy atom.